The molecule has 29 heavy (non-hydrogen) atoms. The Morgan fingerprint density at radius 2 is 1.72 bits per heavy atom. The maximum absolute atomic E-state index is 15.0. The molecule has 0 nitrogen and oxygen atoms in total. The van der Waals surface area contributed by atoms with Crippen LogP contribution in [0.15, 0.2) is 67.3 Å². The quantitative estimate of drug-likeness (QED) is 0.324. The number of allylic oxidation sites excluding steroid dienone is 1. The van der Waals surface area contributed by atoms with Crippen LogP contribution in [-0.2, 0) is 0 Å². The van der Waals surface area contributed by atoms with Crippen LogP contribution in [0.25, 0.3) is 10.8 Å². The zero-order chi connectivity index (χ0) is 20.2. The van der Waals surface area contributed by atoms with Crippen LogP contribution in [0.5, 0.6) is 0 Å². The third-order valence-electron chi connectivity index (χ3n) is 6.19. The normalized spacial score (nSPS) is 18.8. The highest BCUT2D eigenvalue weighted by Gasteiger charge is 2.22. The molecular weight excluding hydrogens is 355 g/mol. The number of benzene rings is 3. The van der Waals surface area contributed by atoms with Crippen LogP contribution in [0.3, 0.4) is 0 Å². The maximum atomic E-state index is 15.0. The molecule has 3 aromatic rings. The lowest BCUT2D eigenvalue weighted by molar-refractivity contribution is 0.328. The summed E-state index contributed by atoms with van der Waals surface area (Å²) in [6.07, 6.45) is 8.12. The van der Waals surface area contributed by atoms with Crippen molar-refractivity contribution in [3.8, 4) is 11.8 Å². The summed E-state index contributed by atoms with van der Waals surface area (Å²) in [5.74, 6) is 7.23. The predicted molar refractivity (Wildman–Crippen MR) is 121 cm³/mol. The van der Waals surface area contributed by atoms with Crippen LogP contribution in [-0.4, -0.2) is 0 Å². The van der Waals surface area contributed by atoms with Gasteiger partial charge in [0.05, 0.1) is 5.56 Å². The molecule has 1 aliphatic carbocycles. The minimum atomic E-state index is -0.219. The second-order valence-corrected chi connectivity index (χ2v) is 8.27. The first kappa shape index (κ1) is 19.5. The lowest BCUT2D eigenvalue weighted by Crippen LogP contribution is -2.12. The van der Waals surface area contributed by atoms with Gasteiger partial charge in [-0.2, -0.15) is 0 Å². The highest BCUT2D eigenvalue weighted by Crippen LogP contribution is 2.38. The van der Waals surface area contributed by atoms with Gasteiger partial charge in [0.2, 0.25) is 0 Å². The average Bonchev–Trinajstić information content (AvgIpc) is 2.75. The molecule has 0 N–H and O–H groups in total. The van der Waals surface area contributed by atoms with Gasteiger partial charge in [-0.1, -0.05) is 59.9 Å². The van der Waals surface area contributed by atoms with Crippen molar-refractivity contribution >= 4 is 10.8 Å². The Hall–Kier alpha value is -2.85. The SMILES string of the molecule is C=CCC1CCC(c2ccc3c(F)c(C#Cc4ccc(C)cc4)ccc3c2)CC1. The maximum Gasteiger partial charge on any atom is 0.146 e. The molecule has 0 spiro atoms. The van der Waals surface area contributed by atoms with E-state index in [1.54, 1.807) is 0 Å². The van der Waals surface area contributed by atoms with Crippen molar-refractivity contribution in [2.45, 2.75) is 44.9 Å². The van der Waals surface area contributed by atoms with Gasteiger partial charge in [-0.3, -0.25) is 0 Å². The van der Waals surface area contributed by atoms with Crippen molar-refractivity contribution in [2.75, 3.05) is 0 Å². The summed E-state index contributed by atoms with van der Waals surface area (Å²) in [4.78, 5) is 0. The van der Waals surface area contributed by atoms with E-state index in [0.717, 1.165) is 23.3 Å². The summed E-state index contributed by atoms with van der Waals surface area (Å²) in [7, 11) is 0. The number of aryl methyl sites for hydroxylation is 1. The summed E-state index contributed by atoms with van der Waals surface area (Å²) in [5, 5.41) is 1.62. The van der Waals surface area contributed by atoms with E-state index in [9.17, 15) is 0 Å². The molecule has 1 aliphatic rings. The Labute approximate surface area is 173 Å². The number of fused-ring (bicyclic) bond motifs is 1. The fraction of sp³-hybridized carbons (Fsp3) is 0.286. The second kappa shape index (κ2) is 8.66. The zero-order valence-corrected chi connectivity index (χ0v) is 17.0. The molecule has 3 aromatic carbocycles. The molecule has 0 aliphatic heterocycles. The third kappa shape index (κ3) is 4.43. The topological polar surface area (TPSA) is 0 Å². The largest absolute Gasteiger partial charge is 0.205 e. The number of halogens is 1. The smallest absolute Gasteiger partial charge is 0.146 e. The zero-order valence-electron chi connectivity index (χ0n) is 17.0. The van der Waals surface area contributed by atoms with Crippen LogP contribution in [0.2, 0.25) is 0 Å². The van der Waals surface area contributed by atoms with E-state index in [0.29, 0.717) is 16.9 Å². The highest BCUT2D eigenvalue weighted by atomic mass is 19.1. The summed E-state index contributed by atoms with van der Waals surface area (Å²) >= 11 is 0. The van der Waals surface area contributed by atoms with Gasteiger partial charge in [-0.25, -0.2) is 4.39 Å². The minimum absolute atomic E-state index is 0.219. The Morgan fingerprint density at radius 1 is 0.966 bits per heavy atom. The van der Waals surface area contributed by atoms with Crippen molar-refractivity contribution in [3.63, 3.8) is 0 Å². The molecule has 0 amide bonds. The van der Waals surface area contributed by atoms with Gasteiger partial charge in [0.15, 0.2) is 0 Å². The Kier molecular flexibility index (Phi) is 5.81. The number of rotatable bonds is 3. The van der Waals surface area contributed by atoms with Crippen molar-refractivity contribution in [3.05, 3.63) is 95.3 Å². The molecule has 0 heterocycles. The molecule has 0 radical (unpaired) electrons. The molecular formula is C28H27F. The van der Waals surface area contributed by atoms with Gasteiger partial charge in [0.1, 0.15) is 5.82 Å². The van der Waals surface area contributed by atoms with E-state index < -0.39 is 0 Å². The van der Waals surface area contributed by atoms with E-state index in [2.05, 4.69) is 30.6 Å². The van der Waals surface area contributed by atoms with Crippen LogP contribution in [0.1, 0.15) is 60.3 Å². The Balaban J connectivity index is 1.56. The van der Waals surface area contributed by atoms with E-state index >= 15 is 4.39 Å². The first-order chi connectivity index (χ1) is 14.1. The van der Waals surface area contributed by atoms with Crippen molar-refractivity contribution in [1.29, 1.82) is 0 Å². The first-order valence-electron chi connectivity index (χ1n) is 10.6. The summed E-state index contributed by atoms with van der Waals surface area (Å²) in [6, 6.07) is 18.0. The molecule has 146 valence electrons. The first-order valence-corrected chi connectivity index (χ1v) is 10.6. The molecule has 1 heteroatoms. The number of hydrogen-bond acceptors (Lipinski definition) is 0. The summed E-state index contributed by atoms with van der Waals surface area (Å²) < 4.78 is 15.0. The molecule has 0 unspecified atom stereocenters. The summed E-state index contributed by atoms with van der Waals surface area (Å²) in [6.45, 7) is 5.91. The van der Waals surface area contributed by atoms with Gasteiger partial charge in [0.25, 0.3) is 0 Å². The standard InChI is InChI=1S/C28H27F/c1-3-4-21-9-12-23(13-10-21)25-17-18-27-26(19-25)16-15-24(28(27)29)14-11-22-7-5-20(2)6-8-22/h3,5-8,15-19,21,23H,1,4,9-10,12-13H2,2H3. The predicted octanol–water partition coefficient (Wildman–Crippen LogP) is 7.54. The van der Waals surface area contributed by atoms with Gasteiger partial charge < -0.3 is 0 Å². The second-order valence-electron chi connectivity index (χ2n) is 8.27. The van der Waals surface area contributed by atoms with Crippen molar-refractivity contribution in [2.24, 2.45) is 5.92 Å². The molecule has 4 rings (SSSR count). The highest BCUT2D eigenvalue weighted by molar-refractivity contribution is 5.85. The molecule has 1 fully saturated rings. The van der Waals surface area contributed by atoms with E-state index in [1.165, 1.54) is 36.8 Å². The fourth-order valence-corrected chi connectivity index (χ4v) is 4.40. The summed E-state index contributed by atoms with van der Waals surface area (Å²) in [5.41, 5.74) is 3.89. The molecule has 0 saturated heterocycles. The Bertz CT molecular complexity index is 1070. The van der Waals surface area contributed by atoms with Crippen molar-refractivity contribution < 1.29 is 4.39 Å². The van der Waals surface area contributed by atoms with Crippen LogP contribution in [0, 0.1) is 30.5 Å². The van der Waals surface area contributed by atoms with Crippen molar-refractivity contribution in [1.82, 2.24) is 0 Å². The van der Waals surface area contributed by atoms with Gasteiger partial charge in [0, 0.05) is 10.9 Å². The van der Waals surface area contributed by atoms with Gasteiger partial charge in [-0.15, -0.1) is 6.58 Å². The molecule has 0 bridgehead atoms. The molecule has 0 aromatic heterocycles. The molecule has 0 atom stereocenters. The third-order valence-corrected chi connectivity index (χ3v) is 6.19. The molecule has 1 saturated carbocycles. The fourth-order valence-electron chi connectivity index (χ4n) is 4.40. The average molecular weight is 383 g/mol. The van der Waals surface area contributed by atoms with Crippen LogP contribution in [0.4, 0.5) is 4.39 Å². The number of hydrogen-bond donors (Lipinski definition) is 0. The minimum Gasteiger partial charge on any atom is -0.205 e. The van der Waals surface area contributed by atoms with E-state index in [1.807, 2.05) is 55.5 Å². The lowest BCUT2D eigenvalue weighted by atomic mass is 9.77. The van der Waals surface area contributed by atoms with Crippen LogP contribution >= 0.6 is 0 Å². The van der Waals surface area contributed by atoms with Gasteiger partial charge in [-0.05, 0) is 80.0 Å². The van der Waals surface area contributed by atoms with Crippen LogP contribution < -0.4 is 0 Å². The van der Waals surface area contributed by atoms with E-state index in [4.69, 9.17) is 0 Å². The Morgan fingerprint density at radius 3 is 2.45 bits per heavy atom. The van der Waals surface area contributed by atoms with Gasteiger partial charge >= 0.3 is 0 Å². The van der Waals surface area contributed by atoms with E-state index in [-0.39, 0.29) is 5.82 Å². The monoisotopic (exact) mass is 382 g/mol. The lowest BCUT2D eigenvalue weighted by Gasteiger charge is -2.28.